The Hall–Kier alpha value is -4.57. The Morgan fingerprint density at radius 3 is 2.43 bits per heavy atom. The second-order valence-corrected chi connectivity index (χ2v) is 9.68. The maximum absolute atomic E-state index is 5.14. The third kappa shape index (κ3) is 2.11. The van der Waals surface area contributed by atoms with Gasteiger partial charge in [0.2, 0.25) is 0 Å². The molecular weight excluding hydrogens is 428 g/mol. The SMILES string of the molecule is c1ccc2c(c1)Cc1ccc3c(c1-2)Cc1c-3ccc2nc3c4cnccc4c4ccncc4n3c12. The van der Waals surface area contributed by atoms with E-state index in [-0.39, 0.29) is 0 Å². The number of hydrogen-bond acceptors (Lipinski definition) is 3. The van der Waals surface area contributed by atoms with E-state index in [0.717, 1.165) is 40.3 Å². The van der Waals surface area contributed by atoms with Gasteiger partial charge >= 0.3 is 0 Å². The Bertz CT molecular complexity index is 2070. The monoisotopic (exact) mass is 446 g/mol. The minimum absolute atomic E-state index is 0.917. The van der Waals surface area contributed by atoms with Crippen LogP contribution in [-0.2, 0) is 12.8 Å². The number of aromatic nitrogens is 4. The molecule has 2 aliphatic rings. The molecule has 0 saturated carbocycles. The van der Waals surface area contributed by atoms with E-state index in [1.54, 1.807) is 0 Å². The molecule has 0 fully saturated rings. The molecule has 0 amide bonds. The van der Waals surface area contributed by atoms with E-state index >= 15 is 0 Å². The molecule has 9 rings (SSSR count). The van der Waals surface area contributed by atoms with Crippen molar-refractivity contribution in [2.24, 2.45) is 0 Å². The summed E-state index contributed by atoms with van der Waals surface area (Å²) in [5.41, 5.74) is 15.5. The van der Waals surface area contributed by atoms with Gasteiger partial charge in [-0.3, -0.25) is 14.4 Å². The van der Waals surface area contributed by atoms with E-state index in [9.17, 15) is 0 Å². The van der Waals surface area contributed by atoms with Crippen molar-refractivity contribution in [2.75, 3.05) is 0 Å². The molecule has 0 radical (unpaired) electrons. The van der Waals surface area contributed by atoms with Gasteiger partial charge in [0, 0.05) is 35.8 Å². The molecule has 0 aliphatic heterocycles. The van der Waals surface area contributed by atoms with Crippen LogP contribution in [0.25, 0.3) is 60.6 Å². The maximum Gasteiger partial charge on any atom is 0.148 e. The largest absolute Gasteiger partial charge is 0.290 e. The van der Waals surface area contributed by atoms with Crippen molar-refractivity contribution in [3.8, 4) is 22.3 Å². The van der Waals surface area contributed by atoms with Crippen molar-refractivity contribution >= 4 is 38.4 Å². The first kappa shape index (κ1) is 17.8. The van der Waals surface area contributed by atoms with Crippen LogP contribution < -0.4 is 0 Å². The van der Waals surface area contributed by atoms with Crippen LogP contribution in [-0.4, -0.2) is 19.4 Å². The second-order valence-electron chi connectivity index (χ2n) is 9.68. The first-order valence-corrected chi connectivity index (χ1v) is 12.0. The third-order valence-corrected chi connectivity index (χ3v) is 8.03. The Labute approximate surface area is 200 Å². The minimum atomic E-state index is 0.917. The molecule has 35 heavy (non-hydrogen) atoms. The molecule has 4 heteroatoms. The molecule has 162 valence electrons. The number of rotatable bonds is 0. The normalized spacial score (nSPS) is 13.5. The topological polar surface area (TPSA) is 43.1 Å². The van der Waals surface area contributed by atoms with Crippen LogP contribution in [0.1, 0.15) is 22.3 Å². The van der Waals surface area contributed by atoms with Gasteiger partial charge in [0.05, 0.1) is 22.7 Å². The number of nitrogens with zero attached hydrogens (tertiary/aromatic N) is 4. The van der Waals surface area contributed by atoms with Crippen LogP contribution >= 0.6 is 0 Å². The summed E-state index contributed by atoms with van der Waals surface area (Å²) in [4.78, 5) is 14.1. The first-order chi connectivity index (χ1) is 17.4. The van der Waals surface area contributed by atoms with Gasteiger partial charge < -0.3 is 0 Å². The van der Waals surface area contributed by atoms with Gasteiger partial charge in [-0.1, -0.05) is 42.5 Å². The van der Waals surface area contributed by atoms with Crippen LogP contribution in [0.5, 0.6) is 0 Å². The summed E-state index contributed by atoms with van der Waals surface area (Å²) in [5, 5.41) is 3.41. The number of fused-ring (bicyclic) bond motifs is 16. The highest BCUT2D eigenvalue weighted by Crippen LogP contribution is 2.49. The number of benzene rings is 3. The van der Waals surface area contributed by atoms with Crippen LogP contribution in [0.3, 0.4) is 0 Å². The standard InChI is InChI=1S/C31H18N4/c1-2-4-19-17(3-1)13-18-5-6-20-21-7-8-27-30(25(21)14-24(20)29(18)19)35-28-16-33-12-10-23(28)22-9-11-32-15-26(22)31(35)34-27/h1-12,15-16H,13-14H2. The highest BCUT2D eigenvalue weighted by Gasteiger charge is 2.30. The number of hydrogen-bond donors (Lipinski definition) is 0. The van der Waals surface area contributed by atoms with Crippen molar-refractivity contribution in [3.63, 3.8) is 0 Å². The molecule has 4 aromatic heterocycles. The summed E-state index contributed by atoms with van der Waals surface area (Å²) < 4.78 is 2.32. The predicted octanol–water partition coefficient (Wildman–Crippen LogP) is 6.73. The van der Waals surface area contributed by atoms with Gasteiger partial charge in [-0.05, 0) is 74.5 Å². The van der Waals surface area contributed by atoms with Crippen molar-refractivity contribution in [1.82, 2.24) is 19.4 Å². The van der Waals surface area contributed by atoms with Crippen molar-refractivity contribution in [2.45, 2.75) is 12.8 Å². The van der Waals surface area contributed by atoms with Gasteiger partial charge in [-0.2, -0.15) is 0 Å². The summed E-state index contributed by atoms with van der Waals surface area (Å²) in [7, 11) is 0. The average molecular weight is 447 g/mol. The Kier molecular flexibility index (Phi) is 3.11. The zero-order valence-corrected chi connectivity index (χ0v) is 18.8. The predicted molar refractivity (Wildman–Crippen MR) is 140 cm³/mol. The molecule has 2 aliphatic carbocycles. The summed E-state index contributed by atoms with van der Waals surface area (Å²) in [6.07, 6.45) is 9.58. The van der Waals surface area contributed by atoms with E-state index < -0.39 is 0 Å². The molecule has 0 saturated heterocycles. The fourth-order valence-corrected chi connectivity index (χ4v) is 6.60. The highest BCUT2D eigenvalue weighted by molar-refractivity contribution is 6.14. The third-order valence-electron chi connectivity index (χ3n) is 8.03. The van der Waals surface area contributed by atoms with Crippen LogP contribution in [0.4, 0.5) is 0 Å². The van der Waals surface area contributed by atoms with Gasteiger partial charge in [-0.15, -0.1) is 0 Å². The summed E-state index contributed by atoms with van der Waals surface area (Å²) in [5.74, 6) is 0. The van der Waals surface area contributed by atoms with E-state index in [1.807, 2.05) is 24.8 Å². The minimum Gasteiger partial charge on any atom is -0.290 e. The van der Waals surface area contributed by atoms with Gasteiger partial charge in [0.1, 0.15) is 5.65 Å². The number of pyridine rings is 3. The Morgan fingerprint density at radius 1 is 0.629 bits per heavy atom. The van der Waals surface area contributed by atoms with Crippen molar-refractivity contribution in [1.29, 1.82) is 0 Å². The first-order valence-electron chi connectivity index (χ1n) is 12.0. The summed E-state index contributed by atoms with van der Waals surface area (Å²) in [6, 6.07) is 22.2. The molecule has 3 aromatic carbocycles. The highest BCUT2D eigenvalue weighted by atomic mass is 15.0. The second kappa shape index (κ2) is 6.10. The molecule has 4 nitrogen and oxygen atoms in total. The van der Waals surface area contributed by atoms with E-state index in [4.69, 9.17) is 4.98 Å². The molecule has 4 heterocycles. The van der Waals surface area contributed by atoms with Gasteiger partial charge in [0.15, 0.2) is 0 Å². The number of imidazole rings is 1. The lowest BCUT2D eigenvalue weighted by Gasteiger charge is -2.09. The summed E-state index contributed by atoms with van der Waals surface area (Å²) in [6.45, 7) is 0. The van der Waals surface area contributed by atoms with E-state index in [0.29, 0.717) is 0 Å². The lowest BCUT2D eigenvalue weighted by molar-refractivity contribution is 1.22. The average Bonchev–Trinajstić information content (AvgIpc) is 3.59. The van der Waals surface area contributed by atoms with Gasteiger partial charge in [-0.25, -0.2) is 4.98 Å². The smallest absolute Gasteiger partial charge is 0.148 e. The molecular formula is C31H18N4. The Morgan fingerprint density at radius 2 is 1.46 bits per heavy atom. The maximum atomic E-state index is 5.14. The molecule has 0 N–H and O–H groups in total. The zero-order valence-electron chi connectivity index (χ0n) is 18.8. The lowest BCUT2D eigenvalue weighted by Crippen LogP contribution is -1.95. The molecule has 0 bridgehead atoms. The van der Waals surface area contributed by atoms with Crippen LogP contribution in [0.2, 0.25) is 0 Å². The fourth-order valence-electron chi connectivity index (χ4n) is 6.60. The summed E-state index contributed by atoms with van der Waals surface area (Å²) >= 11 is 0. The van der Waals surface area contributed by atoms with Crippen LogP contribution in [0.15, 0.2) is 85.5 Å². The molecule has 0 spiro atoms. The van der Waals surface area contributed by atoms with E-state index in [2.05, 4.69) is 75.0 Å². The van der Waals surface area contributed by atoms with Gasteiger partial charge in [0.25, 0.3) is 0 Å². The molecule has 0 atom stereocenters. The Balaban J connectivity index is 1.42. The van der Waals surface area contributed by atoms with Crippen molar-refractivity contribution < 1.29 is 0 Å². The molecule has 7 aromatic rings. The zero-order chi connectivity index (χ0) is 22.7. The quantitative estimate of drug-likeness (QED) is 0.243. The van der Waals surface area contributed by atoms with Crippen LogP contribution in [0, 0.1) is 0 Å². The fraction of sp³-hybridized carbons (Fsp3) is 0.0645. The molecule has 0 unspecified atom stereocenters. The van der Waals surface area contributed by atoms with E-state index in [1.165, 1.54) is 55.4 Å². The van der Waals surface area contributed by atoms with Crippen molar-refractivity contribution in [3.05, 3.63) is 108 Å². The lowest BCUT2D eigenvalue weighted by atomic mass is 9.95.